The molecule has 4 unspecified atom stereocenters. The Balaban J connectivity index is 0.849. The van der Waals surface area contributed by atoms with Crippen molar-refractivity contribution >= 4 is 49.2 Å². The molecule has 78 heavy (non-hydrogen) atoms. The van der Waals surface area contributed by atoms with Crippen LogP contribution in [0.3, 0.4) is 0 Å². The molecule has 11 rings (SSSR count). The highest BCUT2D eigenvalue weighted by molar-refractivity contribution is 7.69. The largest absolute Gasteiger partial charge is 0.438 e. The fraction of sp³-hybridized carbons (Fsp3) is 0.0938. The minimum absolute atomic E-state index is 0.0754. The summed E-state index contributed by atoms with van der Waals surface area (Å²) in [4.78, 5) is 51.2. The summed E-state index contributed by atoms with van der Waals surface area (Å²) in [7, 11) is -7.84. The fourth-order valence-corrected chi connectivity index (χ4v) is 16.3. The molecule has 0 bridgehead atoms. The lowest BCUT2D eigenvalue weighted by Crippen LogP contribution is -2.34. The van der Waals surface area contributed by atoms with E-state index < -0.39 is 48.9 Å². The highest BCUT2D eigenvalue weighted by Crippen LogP contribution is 2.70. The Kier molecular flexibility index (Phi) is 13.2. The number of carbonyl (C=O) groups is 4. The van der Waals surface area contributed by atoms with Crippen molar-refractivity contribution in [2.75, 3.05) is 0 Å². The van der Waals surface area contributed by atoms with Gasteiger partial charge in [0, 0.05) is 25.0 Å². The van der Waals surface area contributed by atoms with Gasteiger partial charge in [0.2, 0.25) is 0 Å². The molecule has 0 N–H and O–H groups in total. The quantitative estimate of drug-likeness (QED) is 0.0649. The molecule has 12 nitrogen and oxygen atoms in total. The van der Waals surface area contributed by atoms with Gasteiger partial charge in [-0.15, -0.1) is 0 Å². The molecule has 0 amide bonds. The third-order valence-electron chi connectivity index (χ3n) is 14.4. The normalized spacial score (nSPS) is 17.3. The molecule has 2 aliphatic rings. The van der Waals surface area contributed by atoms with E-state index in [1.807, 2.05) is 98.8 Å². The van der Waals surface area contributed by atoms with E-state index in [2.05, 4.69) is 0 Å². The maximum Gasteiger partial charge on any atom is 0.343 e. The summed E-state index contributed by atoms with van der Waals surface area (Å²) in [6, 6.07) is 62.8. The molecule has 0 spiro atoms. The monoisotopic (exact) mass is 1070 g/mol. The van der Waals surface area contributed by atoms with Gasteiger partial charge in [-0.25, -0.2) is 9.59 Å². The van der Waals surface area contributed by atoms with E-state index in [1.54, 1.807) is 115 Å². The summed E-state index contributed by atoms with van der Waals surface area (Å²) < 4.78 is 67.7. The molecule has 2 heterocycles. The topological polar surface area (TPSA) is 158 Å². The fourth-order valence-electron chi connectivity index (χ4n) is 10.3. The molecule has 0 aliphatic carbocycles. The Morgan fingerprint density at radius 2 is 0.654 bits per heavy atom. The van der Waals surface area contributed by atoms with Gasteiger partial charge in [-0.2, -0.15) is 0 Å². The molecule has 2 aliphatic heterocycles. The number of ether oxygens (including phenoxy) is 4. The van der Waals surface area contributed by atoms with E-state index in [4.69, 9.17) is 28.0 Å². The van der Waals surface area contributed by atoms with Crippen molar-refractivity contribution in [3.8, 4) is 56.8 Å². The minimum atomic E-state index is -3.92. The number of para-hydroxylation sites is 2. The lowest BCUT2D eigenvalue weighted by Gasteiger charge is -2.41. The Morgan fingerprint density at radius 3 is 0.987 bits per heavy atom. The van der Waals surface area contributed by atoms with Gasteiger partial charge in [0.05, 0.1) is 21.7 Å². The summed E-state index contributed by atoms with van der Waals surface area (Å²) in [6.45, 7) is 6.32. The molecule has 4 atom stereocenters. The highest BCUT2D eigenvalue weighted by atomic mass is 31.2. The van der Waals surface area contributed by atoms with E-state index in [9.17, 15) is 19.2 Å². The van der Waals surface area contributed by atoms with Gasteiger partial charge < -0.3 is 28.0 Å². The van der Waals surface area contributed by atoms with Crippen molar-refractivity contribution in [2.45, 2.75) is 38.0 Å². The van der Waals surface area contributed by atoms with Crippen LogP contribution in [0, 0.1) is 0 Å². The van der Waals surface area contributed by atoms with Crippen molar-refractivity contribution in [3.05, 3.63) is 252 Å². The van der Waals surface area contributed by atoms with Crippen molar-refractivity contribution < 1.29 is 56.3 Å². The summed E-state index contributed by atoms with van der Waals surface area (Å²) >= 11 is 0. The number of fused-ring (bicyclic) bond motifs is 6. The van der Waals surface area contributed by atoms with Crippen LogP contribution in [0.1, 0.15) is 70.7 Å². The van der Waals surface area contributed by atoms with E-state index >= 15 is 9.13 Å². The van der Waals surface area contributed by atoms with Crippen LogP contribution in [-0.4, -0.2) is 23.9 Å². The van der Waals surface area contributed by atoms with Crippen molar-refractivity contribution in [2.24, 2.45) is 0 Å². The first kappa shape index (κ1) is 51.0. The van der Waals surface area contributed by atoms with Crippen LogP contribution in [0.25, 0.3) is 22.3 Å². The Bertz CT molecular complexity index is 3690. The first-order valence-electron chi connectivity index (χ1n) is 24.9. The van der Waals surface area contributed by atoms with Gasteiger partial charge in [-0.1, -0.05) is 127 Å². The Labute approximate surface area is 450 Å². The second-order valence-corrected chi connectivity index (χ2v) is 24.4. The number of carbonyl (C=O) groups excluding carboxylic acids is 4. The zero-order chi connectivity index (χ0) is 54.4. The van der Waals surface area contributed by atoms with Crippen LogP contribution < -0.4 is 38.6 Å². The molecular formula is C64H48O12P2. The third-order valence-corrected chi connectivity index (χ3v) is 20.7. The van der Waals surface area contributed by atoms with Crippen molar-refractivity contribution in [3.63, 3.8) is 0 Å². The molecule has 0 saturated carbocycles. The van der Waals surface area contributed by atoms with Crippen LogP contribution >= 0.6 is 14.7 Å². The molecule has 9 aromatic rings. The number of rotatable bonds is 12. The maximum absolute atomic E-state index is 16.0. The van der Waals surface area contributed by atoms with E-state index in [-0.39, 0.29) is 22.6 Å². The predicted molar refractivity (Wildman–Crippen MR) is 297 cm³/mol. The zero-order valence-electron chi connectivity index (χ0n) is 42.6. The second-order valence-electron chi connectivity index (χ2n) is 19.1. The molecule has 386 valence electrons. The van der Waals surface area contributed by atoms with Crippen LogP contribution in [0.5, 0.6) is 34.5 Å². The van der Waals surface area contributed by atoms with Crippen LogP contribution in [-0.2, 0) is 29.0 Å². The van der Waals surface area contributed by atoms with Crippen LogP contribution in [0.15, 0.2) is 218 Å². The van der Waals surface area contributed by atoms with E-state index in [0.29, 0.717) is 55.9 Å². The zero-order valence-corrected chi connectivity index (χ0v) is 44.4. The van der Waals surface area contributed by atoms with Gasteiger partial charge in [0.25, 0.3) is 14.7 Å². The van der Waals surface area contributed by atoms with Gasteiger partial charge in [-0.3, -0.25) is 18.7 Å². The smallest absolute Gasteiger partial charge is 0.343 e. The minimum Gasteiger partial charge on any atom is -0.438 e. The molecule has 0 aromatic heterocycles. The van der Waals surface area contributed by atoms with Crippen LogP contribution in [0.2, 0.25) is 0 Å². The summed E-state index contributed by atoms with van der Waals surface area (Å²) in [5.74, 6) is -0.501. The van der Waals surface area contributed by atoms with Gasteiger partial charge in [0.1, 0.15) is 44.8 Å². The average Bonchev–Trinajstić information content (AvgIpc) is 3.46. The average molecular weight is 1070 g/mol. The maximum atomic E-state index is 16.0. The number of hydrogen-bond donors (Lipinski definition) is 0. The third kappa shape index (κ3) is 8.88. The lowest BCUT2D eigenvalue weighted by atomic mass is 9.92. The van der Waals surface area contributed by atoms with Gasteiger partial charge in [0.15, 0.2) is 0 Å². The summed E-state index contributed by atoms with van der Waals surface area (Å²) in [6.07, 6.45) is 0. The van der Waals surface area contributed by atoms with Crippen LogP contribution in [0.4, 0.5) is 0 Å². The lowest BCUT2D eigenvalue weighted by molar-refractivity contribution is -0.132. The second kappa shape index (κ2) is 20.1. The van der Waals surface area contributed by atoms with Crippen molar-refractivity contribution in [1.82, 2.24) is 0 Å². The molecule has 14 heteroatoms. The molecule has 0 fully saturated rings. The number of esters is 4. The first-order valence-corrected chi connectivity index (χ1v) is 28.1. The SMILES string of the molecule is CC(=O)Oc1ccc(C(C)(c2ccc(OC(=O)c3cccc(C(=O)Oc4ccc(C(C)(c5ccc(OC(C)=O)cc5)P5(=O)Oc6ccccc6-c6ccccc65)cc4)c3)cc2)P2(=O)Oc3ccccc3-c3ccccc32)cc1. The predicted octanol–water partition coefficient (Wildman–Crippen LogP) is 13.8. The molecule has 9 aromatic carbocycles. The molecular weight excluding hydrogens is 1020 g/mol. The standard InChI is InChI=1S/C64H48O12P2/c1-41(65)71-49-32-24-45(25-33-49)63(3,77(69)59-22-11-7-18-55(59)53-16-5-9-20-57(53)75-77)47-28-36-51(37-29-47)73-61(67)43-14-13-15-44(40-43)62(68)74-52-38-30-48(31-39-52)64(4,46-26-34-50(35-27-46)72-42(2)66)78(70)60-23-12-8-19-56(60)54-17-6-10-21-58(54)76-78/h5-40H,1-4H3. The highest BCUT2D eigenvalue weighted by Gasteiger charge is 2.55. The molecule has 0 saturated heterocycles. The molecule has 0 radical (unpaired) electrons. The number of benzene rings is 9. The number of hydrogen-bond acceptors (Lipinski definition) is 12. The summed E-state index contributed by atoms with van der Waals surface area (Å²) in [5.41, 5.74) is 5.75. The van der Waals surface area contributed by atoms with E-state index in [0.717, 1.165) is 22.3 Å². The summed E-state index contributed by atoms with van der Waals surface area (Å²) in [5, 5.41) is -1.59. The van der Waals surface area contributed by atoms with E-state index in [1.165, 1.54) is 32.0 Å². The Morgan fingerprint density at radius 1 is 0.359 bits per heavy atom. The first-order chi connectivity index (χ1) is 37.6. The Hall–Kier alpha value is -9.08. The van der Waals surface area contributed by atoms with Gasteiger partial charge in [-0.05, 0) is 138 Å². The van der Waals surface area contributed by atoms with Gasteiger partial charge >= 0.3 is 23.9 Å². The van der Waals surface area contributed by atoms with Crippen molar-refractivity contribution in [1.29, 1.82) is 0 Å².